The summed E-state index contributed by atoms with van der Waals surface area (Å²) >= 11 is 0. The van der Waals surface area contributed by atoms with E-state index < -0.39 is 28.2 Å². The molecule has 2 aromatic rings. The summed E-state index contributed by atoms with van der Waals surface area (Å²) in [5, 5.41) is 0. The van der Waals surface area contributed by atoms with Crippen LogP contribution in [0.3, 0.4) is 0 Å². The van der Waals surface area contributed by atoms with Crippen LogP contribution in [0.5, 0.6) is 0 Å². The van der Waals surface area contributed by atoms with E-state index >= 15 is 0 Å². The topological polar surface area (TPSA) is 105 Å². The predicted octanol–water partition coefficient (Wildman–Crippen LogP) is 5.94. The van der Waals surface area contributed by atoms with E-state index in [1.807, 2.05) is 26.0 Å². The first kappa shape index (κ1) is 39.1. The molecule has 11 heteroatoms. The predicted molar refractivity (Wildman–Crippen MR) is 160 cm³/mol. The van der Waals surface area contributed by atoms with Crippen molar-refractivity contribution < 1.29 is 57.9 Å². The third kappa shape index (κ3) is 10.7. The van der Waals surface area contributed by atoms with Crippen molar-refractivity contribution in [1.82, 2.24) is 0 Å². The minimum Gasteiger partial charge on any atom is -0.397 e. The van der Waals surface area contributed by atoms with Gasteiger partial charge in [0.25, 0.3) is 0 Å². The van der Waals surface area contributed by atoms with Crippen molar-refractivity contribution in [2.45, 2.75) is 63.7 Å². The van der Waals surface area contributed by atoms with E-state index in [0.29, 0.717) is 36.8 Å². The summed E-state index contributed by atoms with van der Waals surface area (Å²) in [7, 11) is 0.257. The van der Waals surface area contributed by atoms with Crippen LogP contribution in [0.15, 0.2) is 60.7 Å². The summed E-state index contributed by atoms with van der Waals surface area (Å²) in [6.45, 7) is 7.35. The standard InChI is InChI=1S/2C15H22O4Si.Pt/c2*1-5-9-13(16)15(20(4,18-2)19-3)14(17)12-10-7-6-8-11-12;/h2*6-8,10-11,15H,5,9H2,1-4H3;/q;;+2. The van der Waals surface area contributed by atoms with Gasteiger partial charge in [-0.1, -0.05) is 74.5 Å². The van der Waals surface area contributed by atoms with Gasteiger partial charge in [0.2, 0.25) is 0 Å². The van der Waals surface area contributed by atoms with Crippen molar-refractivity contribution in [3.63, 3.8) is 0 Å². The minimum atomic E-state index is -2.87. The van der Waals surface area contributed by atoms with Crippen LogP contribution in [0.2, 0.25) is 24.2 Å². The van der Waals surface area contributed by atoms with Gasteiger partial charge >= 0.3 is 38.2 Å². The van der Waals surface area contributed by atoms with Crippen molar-refractivity contribution in [3.05, 3.63) is 71.8 Å². The van der Waals surface area contributed by atoms with E-state index in [9.17, 15) is 19.2 Å². The second-order valence-corrected chi connectivity index (χ2v) is 16.5. The summed E-state index contributed by atoms with van der Waals surface area (Å²) < 4.78 is 21.7. The van der Waals surface area contributed by atoms with Gasteiger partial charge < -0.3 is 17.7 Å². The molecular formula is C30H44O8PtSi2+2. The second kappa shape index (κ2) is 19.3. The van der Waals surface area contributed by atoms with Crippen molar-refractivity contribution in [3.8, 4) is 0 Å². The third-order valence-corrected chi connectivity index (χ3v) is 13.5. The molecule has 0 saturated carbocycles. The Morgan fingerprint density at radius 3 is 1.07 bits per heavy atom. The molecule has 228 valence electrons. The van der Waals surface area contributed by atoms with E-state index in [1.54, 1.807) is 61.6 Å². The number of Topliss-reactive ketones (excluding diaryl/α,β-unsaturated/α-hetero) is 4. The van der Waals surface area contributed by atoms with Crippen LogP contribution in [0.25, 0.3) is 0 Å². The summed E-state index contributed by atoms with van der Waals surface area (Å²) in [5.74, 6) is -0.609. The summed E-state index contributed by atoms with van der Waals surface area (Å²) in [6, 6.07) is 17.7. The molecule has 2 unspecified atom stereocenters. The van der Waals surface area contributed by atoms with Crippen LogP contribution in [0.1, 0.15) is 60.2 Å². The number of hydrogen-bond donors (Lipinski definition) is 0. The average molecular weight is 784 g/mol. The molecule has 0 aliphatic carbocycles. The Kier molecular flexibility index (Phi) is 18.4. The Bertz CT molecular complexity index is 1000. The minimum absolute atomic E-state index is 0. The van der Waals surface area contributed by atoms with Gasteiger partial charge in [0.05, 0.1) is 0 Å². The van der Waals surface area contributed by atoms with Gasteiger partial charge in [-0.25, -0.2) is 0 Å². The number of carbonyl (C=O) groups is 4. The van der Waals surface area contributed by atoms with E-state index in [-0.39, 0.29) is 44.2 Å². The molecule has 2 aromatic carbocycles. The molecule has 8 nitrogen and oxygen atoms in total. The zero-order valence-electron chi connectivity index (χ0n) is 25.3. The molecule has 0 fully saturated rings. The Hall–Kier alpha value is -1.92. The fourth-order valence-corrected chi connectivity index (χ4v) is 8.33. The Labute approximate surface area is 261 Å². The van der Waals surface area contributed by atoms with Crippen LogP contribution >= 0.6 is 0 Å². The molecule has 41 heavy (non-hydrogen) atoms. The summed E-state index contributed by atoms with van der Waals surface area (Å²) in [4.78, 5) is 50.1. The van der Waals surface area contributed by atoms with Crippen LogP contribution in [-0.2, 0) is 48.4 Å². The Morgan fingerprint density at radius 1 is 0.585 bits per heavy atom. The summed E-state index contributed by atoms with van der Waals surface area (Å²) in [5.41, 5.74) is -0.593. The second-order valence-electron chi connectivity index (χ2n) is 9.61. The van der Waals surface area contributed by atoms with Gasteiger partial charge in [-0.3, -0.25) is 19.2 Å². The third-order valence-electron chi connectivity index (χ3n) is 6.95. The maximum absolute atomic E-state index is 12.7. The number of ketones is 4. The van der Waals surface area contributed by atoms with E-state index in [4.69, 9.17) is 17.7 Å². The Balaban J connectivity index is 0.000000762. The van der Waals surface area contributed by atoms with Crippen LogP contribution in [0.4, 0.5) is 0 Å². The quantitative estimate of drug-likeness (QED) is 0.117. The number of rotatable bonds is 16. The molecule has 0 bridgehead atoms. The largest absolute Gasteiger partial charge is 2.00 e. The summed E-state index contributed by atoms with van der Waals surface area (Å²) in [6.07, 6.45) is 2.13. The molecule has 0 aromatic heterocycles. The Morgan fingerprint density at radius 2 is 0.854 bits per heavy atom. The molecular weight excluding hydrogens is 740 g/mol. The molecule has 0 aliphatic heterocycles. The number of benzene rings is 2. The molecule has 0 amide bonds. The zero-order valence-corrected chi connectivity index (χ0v) is 29.6. The fourth-order valence-electron chi connectivity index (χ4n) is 4.31. The van der Waals surface area contributed by atoms with Crippen LogP contribution in [-0.4, -0.2) is 68.7 Å². The molecule has 0 N–H and O–H groups in total. The first-order valence-corrected chi connectivity index (χ1v) is 18.2. The molecule has 0 heterocycles. The molecule has 0 aliphatic rings. The maximum Gasteiger partial charge on any atom is 2.00 e. The van der Waals surface area contributed by atoms with E-state index in [1.165, 1.54) is 28.4 Å². The molecule has 0 spiro atoms. The van der Waals surface area contributed by atoms with E-state index in [2.05, 4.69) is 0 Å². The number of carbonyl (C=O) groups excluding carboxylic acids is 4. The van der Waals surface area contributed by atoms with Gasteiger partial charge in [-0.15, -0.1) is 0 Å². The van der Waals surface area contributed by atoms with Crippen molar-refractivity contribution >= 4 is 40.3 Å². The van der Waals surface area contributed by atoms with Crippen molar-refractivity contribution in [2.75, 3.05) is 28.4 Å². The number of hydrogen-bond acceptors (Lipinski definition) is 8. The molecule has 0 radical (unpaired) electrons. The van der Waals surface area contributed by atoms with Gasteiger partial charge in [0.15, 0.2) is 11.6 Å². The van der Waals surface area contributed by atoms with Gasteiger partial charge in [0, 0.05) is 52.4 Å². The maximum atomic E-state index is 12.7. The molecule has 2 rings (SSSR count). The van der Waals surface area contributed by atoms with Crippen LogP contribution < -0.4 is 0 Å². The van der Waals surface area contributed by atoms with Gasteiger partial charge in [-0.2, -0.15) is 0 Å². The first-order valence-electron chi connectivity index (χ1n) is 13.4. The molecule has 2 atom stereocenters. The van der Waals surface area contributed by atoms with E-state index in [0.717, 1.165) is 0 Å². The van der Waals surface area contributed by atoms with Crippen molar-refractivity contribution in [2.24, 2.45) is 0 Å². The fraction of sp³-hybridized carbons (Fsp3) is 0.467. The zero-order chi connectivity index (χ0) is 30.3. The monoisotopic (exact) mass is 783 g/mol. The van der Waals surface area contributed by atoms with Gasteiger partial charge in [-0.05, 0) is 25.9 Å². The molecule has 0 saturated heterocycles. The van der Waals surface area contributed by atoms with Gasteiger partial charge in [0.1, 0.15) is 22.6 Å². The SMILES string of the molecule is CCCC(=O)C(C(=O)c1ccccc1)[Si](C)(OC)OC.CCCC(=O)C(C(=O)c1ccccc1)[Si](C)(OC)OC.[Pt+2]. The van der Waals surface area contributed by atoms with Crippen molar-refractivity contribution in [1.29, 1.82) is 0 Å². The average Bonchev–Trinajstić information content (AvgIpc) is 2.98. The smallest absolute Gasteiger partial charge is 0.397 e. The normalized spacial score (nSPS) is 12.7. The first-order chi connectivity index (χ1) is 19.0. The van der Waals surface area contributed by atoms with Crippen LogP contribution in [0, 0.1) is 0 Å².